The molecule has 12 heteroatoms. The van der Waals surface area contributed by atoms with Gasteiger partial charge in [-0.05, 0) is 62.0 Å². The minimum Gasteiger partial charge on any atom is -0.467 e. The van der Waals surface area contributed by atoms with Crippen molar-refractivity contribution in [3.05, 3.63) is 132 Å². The number of hydrogen-bond acceptors (Lipinski definition) is 10. The van der Waals surface area contributed by atoms with E-state index in [1.165, 1.54) is 19.2 Å². The zero-order valence-corrected chi connectivity index (χ0v) is 31.6. The van der Waals surface area contributed by atoms with Crippen molar-refractivity contribution in [2.75, 3.05) is 12.9 Å². The molecule has 4 aromatic carbocycles. The molecule has 4 aromatic rings. The molecule has 2 aliphatic rings. The minimum atomic E-state index is -4.02. The van der Waals surface area contributed by atoms with Crippen LogP contribution in [0.3, 0.4) is 0 Å². The molecule has 0 bridgehead atoms. The first kappa shape index (κ1) is 38.8. The van der Waals surface area contributed by atoms with Gasteiger partial charge in [-0.1, -0.05) is 103 Å². The molecule has 0 aromatic heterocycles. The predicted molar refractivity (Wildman–Crippen MR) is 200 cm³/mol. The number of ether oxygens (including phenoxy) is 5. The standard InChI is InChI=1S/C41H47BO10S/c1-40(2)41(3,4)52-42(51-40)32-21-23-33(24-22-32)53(44,45)28-34-35(47-25-29-15-9-6-10-16-29)36(48-26-30-17-11-7-12-18-30)37(38(50-34)39(43)46-5)49-27-31-19-13-8-14-20-31/h6-24,34-38H,25-28H2,1-5H3/t34?,35-,36+,37+,38?/m1/s1. The summed E-state index contributed by atoms with van der Waals surface area (Å²) in [5.74, 6) is -1.22. The van der Waals surface area contributed by atoms with Gasteiger partial charge in [0.05, 0.1) is 48.8 Å². The third kappa shape index (κ3) is 9.26. The van der Waals surface area contributed by atoms with E-state index in [4.69, 9.17) is 33.0 Å². The molecule has 0 amide bonds. The summed E-state index contributed by atoms with van der Waals surface area (Å²) in [4.78, 5) is 13.5. The van der Waals surface area contributed by atoms with Gasteiger partial charge >= 0.3 is 13.1 Å². The number of methoxy groups -OCH3 is 1. The van der Waals surface area contributed by atoms with Crippen LogP contribution in [0.4, 0.5) is 0 Å². The van der Waals surface area contributed by atoms with E-state index >= 15 is 0 Å². The molecule has 2 unspecified atom stereocenters. The van der Waals surface area contributed by atoms with Crippen LogP contribution in [-0.2, 0) is 67.4 Å². The van der Waals surface area contributed by atoms with E-state index < -0.39 is 70.4 Å². The molecule has 0 spiro atoms. The molecule has 0 aliphatic carbocycles. The Bertz CT molecular complexity index is 1870. The molecule has 2 saturated heterocycles. The number of carbonyl (C=O) groups excluding carboxylic acids is 1. The summed E-state index contributed by atoms with van der Waals surface area (Å²) in [7, 11) is -3.41. The van der Waals surface area contributed by atoms with E-state index in [-0.39, 0.29) is 24.7 Å². The summed E-state index contributed by atoms with van der Waals surface area (Å²) < 4.78 is 71.9. The maximum absolute atomic E-state index is 14.2. The molecule has 2 fully saturated rings. The summed E-state index contributed by atoms with van der Waals surface area (Å²) in [6.07, 6.45) is -5.38. The lowest BCUT2D eigenvalue weighted by atomic mass is 9.79. The minimum absolute atomic E-state index is 0.0713. The van der Waals surface area contributed by atoms with Gasteiger partial charge < -0.3 is 33.0 Å². The average Bonchev–Trinajstić information content (AvgIpc) is 3.39. The first-order valence-corrected chi connectivity index (χ1v) is 19.4. The Morgan fingerprint density at radius 1 is 0.642 bits per heavy atom. The van der Waals surface area contributed by atoms with Gasteiger partial charge in [0.25, 0.3) is 0 Å². The van der Waals surface area contributed by atoms with Crippen LogP contribution in [0.25, 0.3) is 0 Å². The molecule has 0 N–H and O–H groups in total. The van der Waals surface area contributed by atoms with Gasteiger partial charge in [0.1, 0.15) is 24.4 Å². The van der Waals surface area contributed by atoms with Gasteiger partial charge in [-0.2, -0.15) is 0 Å². The molecule has 53 heavy (non-hydrogen) atoms. The maximum atomic E-state index is 14.2. The summed E-state index contributed by atoms with van der Waals surface area (Å²) in [6, 6.07) is 35.0. The van der Waals surface area contributed by atoms with Crippen LogP contribution < -0.4 is 5.46 Å². The first-order chi connectivity index (χ1) is 25.4. The lowest BCUT2D eigenvalue weighted by Crippen LogP contribution is -2.63. The predicted octanol–water partition coefficient (Wildman–Crippen LogP) is 5.46. The lowest BCUT2D eigenvalue weighted by Gasteiger charge is -2.45. The third-order valence-corrected chi connectivity index (χ3v) is 11.8. The van der Waals surface area contributed by atoms with Crippen LogP contribution in [0.15, 0.2) is 120 Å². The fourth-order valence-electron chi connectivity index (χ4n) is 6.35. The Labute approximate surface area is 312 Å². The highest BCUT2D eigenvalue weighted by molar-refractivity contribution is 7.91. The number of esters is 1. The Morgan fingerprint density at radius 3 is 1.53 bits per heavy atom. The second kappa shape index (κ2) is 16.6. The number of rotatable bonds is 14. The van der Waals surface area contributed by atoms with Gasteiger partial charge in [-0.15, -0.1) is 0 Å². The summed E-state index contributed by atoms with van der Waals surface area (Å²) >= 11 is 0. The van der Waals surface area contributed by atoms with Crippen LogP contribution in [-0.4, -0.2) is 76.1 Å². The molecule has 0 saturated carbocycles. The summed E-state index contributed by atoms with van der Waals surface area (Å²) in [6.45, 7) is 8.26. The van der Waals surface area contributed by atoms with Crippen molar-refractivity contribution >= 4 is 28.4 Å². The fraction of sp³-hybridized carbons (Fsp3) is 0.390. The normalized spacial score (nSPS) is 23.8. The van der Waals surface area contributed by atoms with E-state index in [1.807, 2.05) is 119 Å². The fourth-order valence-corrected chi connectivity index (χ4v) is 7.80. The third-order valence-electron chi connectivity index (χ3n) is 10.1. The second-order valence-corrected chi connectivity index (χ2v) is 16.4. The van der Waals surface area contributed by atoms with Crippen LogP contribution in [0.5, 0.6) is 0 Å². The van der Waals surface area contributed by atoms with E-state index in [0.717, 1.165) is 16.7 Å². The van der Waals surface area contributed by atoms with Crippen molar-refractivity contribution in [3.8, 4) is 0 Å². The quantitative estimate of drug-likeness (QED) is 0.122. The van der Waals surface area contributed by atoms with Gasteiger partial charge in [-0.25, -0.2) is 13.2 Å². The Hall–Kier alpha value is -3.88. The molecule has 280 valence electrons. The van der Waals surface area contributed by atoms with Crippen molar-refractivity contribution in [2.45, 2.75) is 94.1 Å². The van der Waals surface area contributed by atoms with Crippen molar-refractivity contribution in [1.29, 1.82) is 0 Å². The zero-order valence-electron chi connectivity index (χ0n) is 30.8. The highest BCUT2D eigenvalue weighted by Crippen LogP contribution is 2.37. The Balaban J connectivity index is 1.32. The van der Waals surface area contributed by atoms with Gasteiger partial charge in [0.15, 0.2) is 15.9 Å². The van der Waals surface area contributed by atoms with Gasteiger partial charge in [-0.3, -0.25) is 0 Å². The highest BCUT2D eigenvalue weighted by atomic mass is 32.2. The van der Waals surface area contributed by atoms with Crippen LogP contribution in [0, 0.1) is 0 Å². The smallest absolute Gasteiger partial charge is 0.467 e. The maximum Gasteiger partial charge on any atom is 0.494 e. The molecule has 0 radical (unpaired) electrons. The Kier molecular flexibility index (Phi) is 12.2. The van der Waals surface area contributed by atoms with Crippen LogP contribution in [0.1, 0.15) is 44.4 Å². The number of sulfone groups is 1. The molecule has 5 atom stereocenters. The van der Waals surface area contributed by atoms with Gasteiger partial charge in [0.2, 0.25) is 0 Å². The van der Waals surface area contributed by atoms with Crippen molar-refractivity contribution in [3.63, 3.8) is 0 Å². The number of benzene rings is 4. The SMILES string of the molecule is COC(=O)C1OC(CS(=O)(=O)c2ccc(B3OC(C)(C)C(C)(C)O3)cc2)[C@@H](OCc2ccccc2)[C@H](OCc2ccccc2)[C@@H]1OCc1ccccc1. The average molecular weight is 743 g/mol. The molecular formula is C41H47BO10S. The van der Waals surface area contributed by atoms with E-state index in [1.54, 1.807) is 12.1 Å². The molecule has 10 nitrogen and oxygen atoms in total. The summed E-state index contributed by atoms with van der Waals surface area (Å²) in [5, 5.41) is 0. The number of hydrogen-bond donors (Lipinski definition) is 0. The molecular weight excluding hydrogens is 695 g/mol. The van der Waals surface area contributed by atoms with E-state index in [9.17, 15) is 13.2 Å². The first-order valence-electron chi connectivity index (χ1n) is 17.7. The molecule has 6 rings (SSSR count). The van der Waals surface area contributed by atoms with E-state index in [0.29, 0.717) is 5.46 Å². The zero-order chi connectivity index (χ0) is 37.6. The topological polar surface area (TPSA) is 116 Å². The van der Waals surface area contributed by atoms with Crippen molar-refractivity contribution in [2.24, 2.45) is 0 Å². The lowest BCUT2D eigenvalue weighted by molar-refractivity contribution is -0.261. The van der Waals surface area contributed by atoms with Crippen molar-refractivity contribution in [1.82, 2.24) is 0 Å². The van der Waals surface area contributed by atoms with Crippen LogP contribution in [0.2, 0.25) is 0 Å². The summed E-state index contributed by atoms with van der Waals surface area (Å²) in [5.41, 5.74) is 2.21. The molecule has 2 aliphatic heterocycles. The highest BCUT2D eigenvalue weighted by Gasteiger charge is 2.53. The monoisotopic (exact) mass is 742 g/mol. The largest absolute Gasteiger partial charge is 0.494 e. The number of carbonyl (C=O) groups is 1. The van der Waals surface area contributed by atoms with Gasteiger partial charge in [0, 0.05) is 0 Å². The van der Waals surface area contributed by atoms with Crippen LogP contribution >= 0.6 is 0 Å². The molecule has 2 heterocycles. The Morgan fingerprint density at radius 2 is 1.08 bits per heavy atom. The van der Waals surface area contributed by atoms with E-state index in [2.05, 4.69) is 0 Å². The second-order valence-electron chi connectivity index (χ2n) is 14.3. The van der Waals surface area contributed by atoms with Crippen molar-refractivity contribution < 1.29 is 46.2 Å².